The molecule has 0 saturated heterocycles. The van der Waals surface area contributed by atoms with Crippen molar-refractivity contribution in [2.24, 2.45) is 0 Å². The Hall–Kier alpha value is -1.02. The second-order valence-electron chi connectivity index (χ2n) is 4.20. The van der Waals surface area contributed by atoms with E-state index in [2.05, 4.69) is 55.6 Å². The highest BCUT2D eigenvalue weighted by Crippen LogP contribution is 2.15. The molecule has 0 amide bonds. The Kier molecular flexibility index (Phi) is 5.94. The van der Waals surface area contributed by atoms with Crippen molar-refractivity contribution < 1.29 is 0 Å². The molecule has 0 atom stereocenters. The minimum Gasteiger partial charge on any atom is -0.312 e. The lowest BCUT2D eigenvalue weighted by Crippen LogP contribution is -2.33. The first-order valence-electron chi connectivity index (χ1n) is 6.34. The maximum atomic E-state index is 3.29. The normalized spacial score (nSPS) is 10.4. The van der Waals surface area contributed by atoms with Crippen LogP contribution in [0, 0.1) is 0 Å². The zero-order valence-electron chi connectivity index (χ0n) is 10.8. The summed E-state index contributed by atoms with van der Waals surface area (Å²) in [5.74, 6) is 0. The average Bonchev–Trinajstić information content (AvgIpc) is 2.30. The number of anilines is 1. The number of rotatable bonds is 7. The number of nitrogens with one attached hydrogen (secondary N) is 1. The van der Waals surface area contributed by atoms with E-state index in [-0.39, 0.29) is 0 Å². The Morgan fingerprint density at radius 1 is 1.19 bits per heavy atom. The third-order valence-corrected chi connectivity index (χ3v) is 2.76. The molecule has 1 aromatic rings. The monoisotopic (exact) mass is 220 g/mol. The van der Waals surface area contributed by atoms with Gasteiger partial charge in [0.25, 0.3) is 0 Å². The molecule has 0 unspecified atom stereocenters. The lowest BCUT2D eigenvalue weighted by atomic mass is 10.1. The number of hydrazine groups is 1. The van der Waals surface area contributed by atoms with Gasteiger partial charge in [0.05, 0.1) is 5.69 Å². The Balaban J connectivity index is 2.56. The van der Waals surface area contributed by atoms with Crippen LogP contribution >= 0.6 is 0 Å². The minimum absolute atomic E-state index is 0.955. The summed E-state index contributed by atoms with van der Waals surface area (Å²) < 4.78 is 0. The van der Waals surface area contributed by atoms with Crippen LogP contribution in [0.15, 0.2) is 24.3 Å². The maximum absolute atomic E-state index is 3.29. The first-order valence-corrected chi connectivity index (χ1v) is 6.34. The third kappa shape index (κ3) is 4.23. The predicted molar refractivity (Wildman–Crippen MR) is 71.8 cm³/mol. The van der Waals surface area contributed by atoms with Gasteiger partial charge in [-0.25, -0.2) is 5.43 Å². The summed E-state index contributed by atoms with van der Waals surface area (Å²) in [6.07, 6.45) is 5.11. The summed E-state index contributed by atoms with van der Waals surface area (Å²) in [6.45, 7) is 5.31. The van der Waals surface area contributed by atoms with E-state index in [4.69, 9.17) is 0 Å². The van der Waals surface area contributed by atoms with Gasteiger partial charge < -0.3 is 5.01 Å². The fraction of sp³-hybridized carbons (Fsp3) is 0.571. The van der Waals surface area contributed by atoms with E-state index in [1.807, 2.05) is 0 Å². The smallest absolute Gasteiger partial charge is 0.0519 e. The van der Waals surface area contributed by atoms with E-state index in [0.717, 1.165) is 6.54 Å². The molecule has 0 saturated carbocycles. The fourth-order valence-corrected chi connectivity index (χ4v) is 1.83. The predicted octanol–water partition coefficient (Wildman–Crippen LogP) is 3.38. The molecule has 0 aromatic heterocycles. The van der Waals surface area contributed by atoms with Crippen molar-refractivity contribution in [3.05, 3.63) is 29.8 Å². The molecular formula is C14H24N2. The Morgan fingerprint density at radius 2 is 2.00 bits per heavy atom. The van der Waals surface area contributed by atoms with Crippen LogP contribution in [0.1, 0.15) is 38.7 Å². The van der Waals surface area contributed by atoms with Gasteiger partial charge in [-0.15, -0.1) is 0 Å². The number of benzene rings is 1. The van der Waals surface area contributed by atoms with Crippen LogP contribution in [0.5, 0.6) is 0 Å². The molecule has 90 valence electrons. The molecule has 0 aliphatic rings. The Labute approximate surface area is 99.6 Å². The van der Waals surface area contributed by atoms with Crippen LogP contribution in [0.3, 0.4) is 0 Å². The molecule has 0 heterocycles. The van der Waals surface area contributed by atoms with Crippen molar-refractivity contribution in [3.8, 4) is 0 Å². The summed E-state index contributed by atoms with van der Waals surface area (Å²) in [5, 5.41) is 2.09. The molecule has 2 nitrogen and oxygen atoms in total. The number of nitrogens with zero attached hydrogens (tertiary/aromatic N) is 1. The highest BCUT2D eigenvalue weighted by Gasteiger charge is 2.00. The minimum atomic E-state index is 0.955. The van der Waals surface area contributed by atoms with E-state index >= 15 is 0 Å². The zero-order chi connectivity index (χ0) is 11.8. The molecule has 0 spiro atoms. The highest BCUT2D eigenvalue weighted by molar-refractivity contribution is 5.46. The summed E-state index contributed by atoms with van der Waals surface area (Å²) >= 11 is 0. The van der Waals surface area contributed by atoms with E-state index in [0.29, 0.717) is 0 Å². The molecule has 0 bridgehead atoms. The number of hydrogen-bond donors (Lipinski definition) is 1. The van der Waals surface area contributed by atoms with Gasteiger partial charge in [-0.1, -0.05) is 38.8 Å². The van der Waals surface area contributed by atoms with E-state index in [1.54, 1.807) is 0 Å². The van der Waals surface area contributed by atoms with Gasteiger partial charge in [-0.05, 0) is 30.5 Å². The quantitative estimate of drug-likeness (QED) is 0.560. The molecule has 0 aliphatic heterocycles. The first-order chi connectivity index (χ1) is 7.77. The lowest BCUT2D eigenvalue weighted by Gasteiger charge is -2.20. The standard InChI is InChI=1S/C14H24N2/c1-4-6-7-9-13-10-8-11-14(12-13)16(3)15-5-2/h8,10-12,15H,4-7,9H2,1-3H3. The molecule has 1 N–H and O–H groups in total. The molecule has 1 aromatic carbocycles. The van der Waals surface area contributed by atoms with Crippen molar-refractivity contribution in [1.82, 2.24) is 5.43 Å². The first kappa shape index (κ1) is 13.0. The Bertz CT molecular complexity index is 297. The summed E-state index contributed by atoms with van der Waals surface area (Å²) in [6, 6.07) is 8.79. The molecule has 16 heavy (non-hydrogen) atoms. The van der Waals surface area contributed by atoms with Crippen molar-refractivity contribution in [1.29, 1.82) is 0 Å². The van der Waals surface area contributed by atoms with Crippen molar-refractivity contribution in [3.63, 3.8) is 0 Å². The lowest BCUT2D eigenvalue weighted by molar-refractivity contribution is 0.704. The SMILES string of the molecule is CCCCCc1cccc(N(C)NCC)c1. The second kappa shape index (κ2) is 7.29. The second-order valence-corrected chi connectivity index (χ2v) is 4.20. The maximum Gasteiger partial charge on any atom is 0.0519 e. The van der Waals surface area contributed by atoms with Crippen LogP contribution in [-0.4, -0.2) is 13.6 Å². The van der Waals surface area contributed by atoms with Crippen molar-refractivity contribution in [2.75, 3.05) is 18.6 Å². The number of aryl methyl sites for hydroxylation is 1. The summed E-state index contributed by atoms with van der Waals surface area (Å²) in [4.78, 5) is 0. The highest BCUT2D eigenvalue weighted by atomic mass is 15.5. The van der Waals surface area contributed by atoms with Gasteiger partial charge in [0.2, 0.25) is 0 Å². The van der Waals surface area contributed by atoms with Crippen LogP contribution in [0.25, 0.3) is 0 Å². The van der Waals surface area contributed by atoms with Gasteiger partial charge >= 0.3 is 0 Å². The summed E-state index contributed by atoms with van der Waals surface area (Å²) in [7, 11) is 2.06. The molecular weight excluding hydrogens is 196 g/mol. The molecule has 0 radical (unpaired) electrons. The van der Waals surface area contributed by atoms with Gasteiger partial charge in [0, 0.05) is 13.6 Å². The molecule has 1 rings (SSSR count). The largest absolute Gasteiger partial charge is 0.312 e. The number of hydrogen-bond acceptors (Lipinski definition) is 2. The number of unbranched alkanes of at least 4 members (excludes halogenated alkanes) is 2. The zero-order valence-corrected chi connectivity index (χ0v) is 10.8. The average molecular weight is 220 g/mol. The van der Waals surface area contributed by atoms with E-state index in [9.17, 15) is 0 Å². The van der Waals surface area contributed by atoms with Gasteiger partial charge in [-0.2, -0.15) is 0 Å². The molecule has 2 heteroatoms. The molecule has 0 aliphatic carbocycles. The summed E-state index contributed by atoms with van der Waals surface area (Å²) in [5.41, 5.74) is 5.98. The van der Waals surface area contributed by atoms with Crippen LogP contribution in [0.4, 0.5) is 5.69 Å². The van der Waals surface area contributed by atoms with Crippen LogP contribution in [0.2, 0.25) is 0 Å². The van der Waals surface area contributed by atoms with Gasteiger partial charge in [-0.3, -0.25) is 0 Å². The molecule has 0 fully saturated rings. The Morgan fingerprint density at radius 3 is 2.69 bits per heavy atom. The van der Waals surface area contributed by atoms with E-state index in [1.165, 1.54) is 36.9 Å². The van der Waals surface area contributed by atoms with Gasteiger partial charge in [0.1, 0.15) is 0 Å². The third-order valence-electron chi connectivity index (χ3n) is 2.76. The van der Waals surface area contributed by atoms with Crippen molar-refractivity contribution in [2.45, 2.75) is 39.5 Å². The fourth-order valence-electron chi connectivity index (χ4n) is 1.83. The van der Waals surface area contributed by atoms with Crippen LogP contribution in [-0.2, 0) is 6.42 Å². The van der Waals surface area contributed by atoms with Crippen molar-refractivity contribution >= 4 is 5.69 Å². The topological polar surface area (TPSA) is 15.3 Å². The van der Waals surface area contributed by atoms with Gasteiger partial charge in [0.15, 0.2) is 0 Å². The van der Waals surface area contributed by atoms with E-state index < -0.39 is 0 Å². The van der Waals surface area contributed by atoms with Crippen LogP contribution < -0.4 is 10.4 Å².